The van der Waals surface area contributed by atoms with Crippen LogP contribution >= 0.6 is 0 Å². The summed E-state index contributed by atoms with van der Waals surface area (Å²) in [5.74, 6) is 0.645. The van der Waals surface area contributed by atoms with Crippen molar-refractivity contribution in [2.24, 2.45) is 0 Å². The van der Waals surface area contributed by atoms with Crippen molar-refractivity contribution in [3.63, 3.8) is 0 Å². The Morgan fingerprint density at radius 1 is 1.35 bits per heavy atom. The van der Waals surface area contributed by atoms with E-state index in [1.807, 2.05) is 13.8 Å². The van der Waals surface area contributed by atoms with E-state index in [1.165, 1.54) is 18.2 Å². The molecule has 9 nitrogen and oxygen atoms in total. The van der Waals surface area contributed by atoms with Crippen LogP contribution in [-0.2, 0) is 6.54 Å². The quantitative estimate of drug-likeness (QED) is 0.535. The van der Waals surface area contributed by atoms with Gasteiger partial charge in [-0.05, 0) is 26.3 Å². The minimum atomic E-state index is -0.496. The highest BCUT2D eigenvalue weighted by molar-refractivity contribution is 5.80. The lowest BCUT2D eigenvalue weighted by atomic mass is 10.1. The van der Waals surface area contributed by atoms with Gasteiger partial charge >= 0.3 is 0 Å². The van der Waals surface area contributed by atoms with Crippen molar-refractivity contribution in [3.05, 3.63) is 44.4 Å². The Balaban J connectivity index is 2.26. The molecule has 3 aromatic rings. The van der Waals surface area contributed by atoms with Crippen LogP contribution in [0, 0.1) is 17.0 Å². The van der Waals surface area contributed by atoms with Gasteiger partial charge in [0.1, 0.15) is 17.0 Å². The smallest absolute Gasteiger partial charge is 0.270 e. The second kappa shape index (κ2) is 6.95. The number of aromatic amines is 1. The Labute approximate surface area is 148 Å². The van der Waals surface area contributed by atoms with Gasteiger partial charge in [0.05, 0.1) is 22.8 Å². The number of hydrogen-bond acceptors (Lipinski definition) is 6. The number of benzene rings is 1. The van der Waals surface area contributed by atoms with Crippen molar-refractivity contribution >= 4 is 16.7 Å². The van der Waals surface area contributed by atoms with Crippen LogP contribution in [0.5, 0.6) is 5.75 Å². The molecule has 3 rings (SSSR count). The molecule has 136 valence electrons. The number of nitro benzene ring substituents is 1. The summed E-state index contributed by atoms with van der Waals surface area (Å²) >= 11 is 0. The molecule has 0 aliphatic carbocycles. The number of hydrogen-bond donors (Lipinski definition) is 1. The summed E-state index contributed by atoms with van der Waals surface area (Å²) < 4.78 is 7.31. The monoisotopic (exact) mass is 357 g/mol. The first kappa shape index (κ1) is 17.6. The molecule has 0 bridgehead atoms. The van der Waals surface area contributed by atoms with Gasteiger partial charge in [-0.1, -0.05) is 6.92 Å². The van der Waals surface area contributed by atoms with Crippen LogP contribution in [0.15, 0.2) is 23.0 Å². The highest BCUT2D eigenvalue weighted by Crippen LogP contribution is 2.32. The van der Waals surface area contributed by atoms with Crippen molar-refractivity contribution in [2.75, 3.05) is 6.61 Å². The number of aromatic nitrogens is 4. The number of nitro groups is 1. The van der Waals surface area contributed by atoms with Crippen LogP contribution in [0.3, 0.4) is 0 Å². The first-order chi connectivity index (χ1) is 12.5. The second-order valence-electron chi connectivity index (χ2n) is 5.80. The summed E-state index contributed by atoms with van der Waals surface area (Å²) in [6.07, 6.45) is 0.779. The maximum atomic E-state index is 12.5. The summed E-state index contributed by atoms with van der Waals surface area (Å²) in [6.45, 7) is 6.60. The Hall–Kier alpha value is -3.23. The normalized spacial score (nSPS) is 11.0. The number of aryl methyl sites for hydroxylation is 2. The molecule has 0 saturated carbocycles. The molecular formula is C17H19N5O4. The number of fused-ring (bicyclic) bond motifs is 1. The van der Waals surface area contributed by atoms with E-state index in [0.717, 1.165) is 6.42 Å². The fourth-order valence-electron chi connectivity index (χ4n) is 2.76. The molecule has 0 amide bonds. The van der Waals surface area contributed by atoms with Gasteiger partial charge < -0.3 is 9.72 Å². The molecule has 0 spiro atoms. The van der Waals surface area contributed by atoms with Crippen LogP contribution in [-0.4, -0.2) is 31.3 Å². The zero-order valence-corrected chi connectivity index (χ0v) is 14.8. The maximum Gasteiger partial charge on any atom is 0.270 e. The lowest BCUT2D eigenvalue weighted by molar-refractivity contribution is -0.384. The average Bonchev–Trinajstić information content (AvgIpc) is 2.96. The van der Waals surface area contributed by atoms with E-state index in [2.05, 4.69) is 15.1 Å². The van der Waals surface area contributed by atoms with Gasteiger partial charge in [0, 0.05) is 18.7 Å². The largest absolute Gasteiger partial charge is 0.493 e. The van der Waals surface area contributed by atoms with Gasteiger partial charge in [-0.3, -0.25) is 14.9 Å². The highest BCUT2D eigenvalue weighted by atomic mass is 16.6. The van der Waals surface area contributed by atoms with Gasteiger partial charge in [0.2, 0.25) is 0 Å². The standard InChI is InChI=1S/C17H19N5O4/c1-4-8-26-13-7-6-11(22(24)25)9-12(13)15-18-16-14(17(23)19-15)10(3)20-21(16)5-2/h6-7,9H,4-5,8H2,1-3H3,(H,18,19,23). The molecule has 0 saturated heterocycles. The van der Waals surface area contributed by atoms with Crippen molar-refractivity contribution in [2.45, 2.75) is 33.7 Å². The highest BCUT2D eigenvalue weighted by Gasteiger charge is 2.19. The summed E-state index contributed by atoms with van der Waals surface area (Å²) in [6, 6.07) is 4.25. The molecule has 0 atom stereocenters. The van der Waals surface area contributed by atoms with Crippen LogP contribution < -0.4 is 10.3 Å². The molecule has 9 heteroatoms. The van der Waals surface area contributed by atoms with Crippen LogP contribution in [0.25, 0.3) is 22.4 Å². The predicted molar refractivity (Wildman–Crippen MR) is 96.4 cm³/mol. The minimum absolute atomic E-state index is 0.105. The van der Waals surface area contributed by atoms with Crippen molar-refractivity contribution in [1.82, 2.24) is 19.7 Å². The molecule has 0 aliphatic rings. The third kappa shape index (κ3) is 3.03. The van der Waals surface area contributed by atoms with Gasteiger partial charge in [-0.25, -0.2) is 9.67 Å². The topological polar surface area (TPSA) is 116 Å². The van der Waals surface area contributed by atoms with E-state index < -0.39 is 4.92 Å². The molecule has 0 unspecified atom stereocenters. The zero-order chi connectivity index (χ0) is 18.8. The van der Waals surface area contributed by atoms with Crippen LogP contribution in [0.4, 0.5) is 5.69 Å². The summed E-state index contributed by atoms with van der Waals surface area (Å²) in [5.41, 5.74) is 0.954. The molecule has 1 N–H and O–H groups in total. The number of ether oxygens (including phenoxy) is 1. The molecule has 26 heavy (non-hydrogen) atoms. The summed E-state index contributed by atoms with van der Waals surface area (Å²) in [5, 5.41) is 15.9. The van der Waals surface area contributed by atoms with E-state index in [1.54, 1.807) is 11.6 Å². The van der Waals surface area contributed by atoms with Crippen molar-refractivity contribution < 1.29 is 9.66 Å². The lowest BCUT2D eigenvalue weighted by Crippen LogP contribution is -2.11. The van der Waals surface area contributed by atoms with Crippen molar-refractivity contribution in [3.8, 4) is 17.1 Å². The van der Waals surface area contributed by atoms with Gasteiger partial charge in [0.25, 0.3) is 11.2 Å². The van der Waals surface area contributed by atoms with Crippen LogP contribution in [0.1, 0.15) is 26.0 Å². The number of H-pyrrole nitrogens is 1. The minimum Gasteiger partial charge on any atom is -0.493 e. The van der Waals surface area contributed by atoms with Gasteiger partial charge in [0.15, 0.2) is 5.65 Å². The number of rotatable bonds is 6. The third-order valence-electron chi connectivity index (χ3n) is 3.97. The second-order valence-corrected chi connectivity index (χ2v) is 5.80. The van der Waals surface area contributed by atoms with E-state index in [9.17, 15) is 14.9 Å². The molecule has 0 radical (unpaired) electrons. The Morgan fingerprint density at radius 2 is 2.12 bits per heavy atom. The molecular weight excluding hydrogens is 338 g/mol. The SMILES string of the molecule is CCCOc1ccc([N+](=O)[O-])cc1-c1nc2c(c(C)nn2CC)c(=O)[nH]1. The Kier molecular flexibility index (Phi) is 4.70. The maximum absolute atomic E-state index is 12.5. The Bertz CT molecular complexity index is 1040. The van der Waals surface area contributed by atoms with E-state index in [0.29, 0.717) is 41.2 Å². The number of nitrogens with zero attached hydrogens (tertiary/aromatic N) is 4. The molecule has 1 aromatic carbocycles. The fraction of sp³-hybridized carbons (Fsp3) is 0.353. The number of non-ortho nitro benzene ring substituents is 1. The predicted octanol–water partition coefficient (Wildman–Crippen LogP) is 2.81. The molecule has 0 fully saturated rings. The third-order valence-corrected chi connectivity index (χ3v) is 3.97. The molecule has 2 aromatic heterocycles. The lowest BCUT2D eigenvalue weighted by Gasteiger charge is -2.10. The fourth-order valence-corrected chi connectivity index (χ4v) is 2.76. The average molecular weight is 357 g/mol. The Morgan fingerprint density at radius 3 is 2.77 bits per heavy atom. The first-order valence-corrected chi connectivity index (χ1v) is 8.35. The number of nitrogens with one attached hydrogen (secondary N) is 1. The summed E-state index contributed by atoms with van der Waals surface area (Å²) in [7, 11) is 0. The van der Waals surface area contributed by atoms with Gasteiger partial charge in [-0.15, -0.1) is 0 Å². The molecule has 0 aliphatic heterocycles. The zero-order valence-electron chi connectivity index (χ0n) is 14.8. The van der Waals surface area contributed by atoms with Gasteiger partial charge in [-0.2, -0.15) is 5.10 Å². The van der Waals surface area contributed by atoms with E-state index in [4.69, 9.17) is 4.74 Å². The summed E-state index contributed by atoms with van der Waals surface area (Å²) in [4.78, 5) is 30.4. The van der Waals surface area contributed by atoms with Crippen LogP contribution in [0.2, 0.25) is 0 Å². The van der Waals surface area contributed by atoms with E-state index in [-0.39, 0.29) is 17.1 Å². The van der Waals surface area contributed by atoms with Crippen molar-refractivity contribution in [1.29, 1.82) is 0 Å². The molecule has 2 heterocycles. The first-order valence-electron chi connectivity index (χ1n) is 8.35. The van der Waals surface area contributed by atoms with E-state index >= 15 is 0 Å².